The average Bonchev–Trinajstić information content (AvgIpc) is 3.19. The smallest absolute Gasteiger partial charge is 0.305 e. The second-order valence-electron chi connectivity index (χ2n) is 9.45. The van der Waals surface area contributed by atoms with Crippen LogP contribution >= 0.6 is 22.6 Å². The molecule has 2 aliphatic rings. The molecule has 30 heavy (non-hydrogen) atoms. The predicted octanol–water partition coefficient (Wildman–Crippen LogP) is 4.37. The summed E-state index contributed by atoms with van der Waals surface area (Å²) in [4.78, 5) is 11.3. The lowest BCUT2D eigenvalue weighted by atomic mass is 9.80. The highest BCUT2D eigenvalue weighted by Gasteiger charge is 2.56. The van der Waals surface area contributed by atoms with Crippen molar-refractivity contribution < 1.29 is 28.9 Å². The molecule has 0 amide bonds. The Hall–Kier alpha value is -0.250. The minimum Gasteiger partial charge on any atom is -0.469 e. The van der Waals surface area contributed by atoms with Gasteiger partial charge >= 0.3 is 5.97 Å². The molecular weight excluding hydrogens is 502 g/mol. The summed E-state index contributed by atoms with van der Waals surface area (Å²) in [5, 5.41) is 21.1. The van der Waals surface area contributed by atoms with Gasteiger partial charge < -0.3 is 19.7 Å². The third kappa shape index (κ3) is 6.39. The van der Waals surface area contributed by atoms with Gasteiger partial charge in [-0.3, -0.25) is 4.79 Å². The zero-order valence-corrected chi connectivity index (χ0v) is 20.8. The van der Waals surface area contributed by atoms with Crippen LogP contribution in [0.5, 0.6) is 0 Å². The van der Waals surface area contributed by atoms with Crippen LogP contribution in [0.15, 0.2) is 12.2 Å². The number of methoxy groups -OCH3 is 1. The number of hydrogen-bond donors (Lipinski definition) is 2. The van der Waals surface area contributed by atoms with Gasteiger partial charge in [0.25, 0.3) is 0 Å². The third-order valence-corrected chi connectivity index (χ3v) is 8.07. The molecule has 1 aliphatic heterocycles. The molecule has 0 bridgehead atoms. The second kappa shape index (κ2) is 11.6. The molecule has 1 heterocycles. The molecule has 1 aliphatic carbocycles. The summed E-state index contributed by atoms with van der Waals surface area (Å²) in [6.07, 6.45) is 5.31. The summed E-state index contributed by atoms with van der Waals surface area (Å²) < 4.78 is 26.0. The first kappa shape index (κ1) is 26.0. The number of rotatable bonds is 11. The van der Waals surface area contributed by atoms with Crippen molar-refractivity contribution in [2.75, 3.05) is 7.11 Å². The van der Waals surface area contributed by atoms with Crippen LogP contribution in [0.4, 0.5) is 4.39 Å². The van der Waals surface area contributed by atoms with Gasteiger partial charge in [0.2, 0.25) is 0 Å². The van der Waals surface area contributed by atoms with E-state index in [-0.39, 0.29) is 27.3 Å². The fraction of sp³-hybridized carbons (Fsp3) is 0.870. The van der Waals surface area contributed by atoms with Crippen LogP contribution in [0.25, 0.3) is 0 Å². The highest BCUT2D eigenvalue weighted by Crippen LogP contribution is 2.48. The van der Waals surface area contributed by atoms with E-state index in [4.69, 9.17) is 4.74 Å². The van der Waals surface area contributed by atoms with Crippen molar-refractivity contribution in [1.29, 1.82) is 0 Å². The minimum absolute atomic E-state index is 0.0480. The first-order chi connectivity index (χ1) is 14.1. The summed E-state index contributed by atoms with van der Waals surface area (Å²) in [5.74, 6) is -1.01. The Bertz CT molecular complexity index is 584. The van der Waals surface area contributed by atoms with Crippen molar-refractivity contribution in [2.45, 2.75) is 100 Å². The summed E-state index contributed by atoms with van der Waals surface area (Å²) in [5.41, 5.74) is -0.258. The van der Waals surface area contributed by atoms with E-state index in [0.29, 0.717) is 25.7 Å². The van der Waals surface area contributed by atoms with Gasteiger partial charge in [0.1, 0.15) is 12.3 Å². The fourth-order valence-electron chi connectivity index (χ4n) is 4.64. The zero-order chi connectivity index (χ0) is 22.5. The largest absolute Gasteiger partial charge is 0.469 e. The van der Waals surface area contributed by atoms with Crippen LogP contribution in [0.1, 0.15) is 65.7 Å². The number of esters is 1. The van der Waals surface area contributed by atoms with Crippen LogP contribution in [-0.2, 0) is 14.3 Å². The lowest BCUT2D eigenvalue weighted by Crippen LogP contribution is -2.34. The Labute approximate surface area is 193 Å². The Morgan fingerprint density at radius 3 is 2.73 bits per heavy atom. The van der Waals surface area contributed by atoms with Crippen molar-refractivity contribution >= 4 is 28.6 Å². The van der Waals surface area contributed by atoms with Crippen molar-refractivity contribution in [3.05, 3.63) is 12.2 Å². The number of carbonyl (C=O) groups excluding carboxylic acids is 1. The van der Waals surface area contributed by atoms with Gasteiger partial charge in [0.05, 0.1) is 25.4 Å². The number of aliphatic hydroxyl groups excluding tert-OH is 2. The lowest BCUT2D eigenvalue weighted by Gasteiger charge is -2.29. The number of halogens is 2. The van der Waals surface area contributed by atoms with E-state index in [1.54, 1.807) is 6.08 Å². The zero-order valence-electron chi connectivity index (χ0n) is 18.6. The first-order valence-corrected chi connectivity index (χ1v) is 12.4. The van der Waals surface area contributed by atoms with E-state index < -0.39 is 30.4 Å². The maximum absolute atomic E-state index is 15.4. The number of aliphatic hydroxyl groups is 2. The highest BCUT2D eigenvalue weighted by molar-refractivity contribution is 14.1. The summed E-state index contributed by atoms with van der Waals surface area (Å²) in [7, 11) is 1.36. The molecule has 1 saturated carbocycles. The molecule has 0 spiro atoms. The van der Waals surface area contributed by atoms with Crippen molar-refractivity contribution in [3.63, 3.8) is 0 Å². The van der Waals surface area contributed by atoms with Crippen LogP contribution in [-0.4, -0.2) is 57.8 Å². The van der Waals surface area contributed by atoms with Crippen LogP contribution in [0.2, 0.25) is 0 Å². The predicted molar refractivity (Wildman–Crippen MR) is 123 cm³/mol. The fourth-order valence-corrected chi connectivity index (χ4v) is 5.65. The van der Waals surface area contributed by atoms with Crippen LogP contribution in [0.3, 0.4) is 0 Å². The van der Waals surface area contributed by atoms with Gasteiger partial charge in [-0.1, -0.05) is 68.4 Å². The number of unbranched alkanes of at least 4 members (excludes halogenated alkanes) is 1. The molecule has 2 rings (SSSR count). The molecule has 0 aromatic carbocycles. The molecular formula is C23H38FIO5. The first-order valence-electron chi connectivity index (χ1n) is 11.2. The molecule has 1 saturated heterocycles. The third-order valence-electron chi connectivity index (χ3n) is 6.74. The summed E-state index contributed by atoms with van der Waals surface area (Å²) in [6.45, 7) is 6.20. The number of fused-ring (bicyclic) bond motifs is 1. The standard InChI is InChI=1S/C23H38FIO5/c1-5-6-12-23(2,3)18(27)11-10-14-16(26)13-17-20(14)21(24)22(30-17)15(25)8-7-9-19(28)29-4/h10-11,14-18,20-22,26-27H,5-9,12-13H2,1-4H3/b11-10+/t14-,15?,16+,17+,18+,20+,21-,22?/m0/s1. The molecule has 2 N–H and O–H groups in total. The van der Waals surface area contributed by atoms with Crippen LogP contribution in [0, 0.1) is 17.3 Å². The van der Waals surface area contributed by atoms with Crippen molar-refractivity contribution in [1.82, 2.24) is 0 Å². The monoisotopic (exact) mass is 540 g/mol. The maximum atomic E-state index is 15.4. The normalized spacial score (nSPS) is 33.6. The van der Waals surface area contributed by atoms with Gasteiger partial charge in [0, 0.05) is 28.6 Å². The highest BCUT2D eigenvalue weighted by atomic mass is 127. The van der Waals surface area contributed by atoms with Gasteiger partial charge in [-0.15, -0.1) is 0 Å². The van der Waals surface area contributed by atoms with Gasteiger partial charge in [-0.25, -0.2) is 4.39 Å². The van der Waals surface area contributed by atoms with Crippen molar-refractivity contribution in [3.8, 4) is 0 Å². The van der Waals surface area contributed by atoms with Gasteiger partial charge in [0.15, 0.2) is 0 Å². The molecule has 7 heteroatoms. The van der Waals surface area contributed by atoms with E-state index >= 15 is 4.39 Å². The Morgan fingerprint density at radius 2 is 2.10 bits per heavy atom. The quantitative estimate of drug-likeness (QED) is 0.176. The number of hydrogen-bond acceptors (Lipinski definition) is 5. The van der Waals surface area contributed by atoms with E-state index in [1.807, 2.05) is 19.9 Å². The second-order valence-corrected chi connectivity index (χ2v) is 11.0. The molecule has 0 aromatic heterocycles. The van der Waals surface area contributed by atoms with E-state index in [2.05, 4.69) is 34.3 Å². The Balaban J connectivity index is 1.97. The van der Waals surface area contributed by atoms with E-state index in [9.17, 15) is 15.0 Å². The van der Waals surface area contributed by atoms with Gasteiger partial charge in [-0.05, 0) is 24.7 Å². The summed E-state index contributed by atoms with van der Waals surface area (Å²) >= 11 is 2.21. The Kier molecular flexibility index (Phi) is 10.0. The van der Waals surface area contributed by atoms with Crippen LogP contribution < -0.4 is 0 Å². The minimum atomic E-state index is -1.17. The number of alkyl halides is 2. The molecule has 2 fully saturated rings. The molecule has 174 valence electrons. The molecule has 8 atom stereocenters. The molecule has 0 radical (unpaired) electrons. The number of carbonyl (C=O) groups is 1. The average molecular weight is 540 g/mol. The van der Waals surface area contributed by atoms with Crippen molar-refractivity contribution in [2.24, 2.45) is 17.3 Å². The molecule has 5 nitrogen and oxygen atoms in total. The summed E-state index contributed by atoms with van der Waals surface area (Å²) in [6, 6.07) is 0. The molecule has 2 unspecified atom stereocenters. The lowest BCUT2D eigenvalue weighted by molar-refractivity contribution is -0.140. The molecule has 0 aromatic rings. The number of ether oxygens (including phenoxy) is 2. The topological polar surface area (TPSA) is 76.0 Å². The van der Waals surface area contributed by atoms with E-state index in [1.165, 1.54) is 7.11 Å². The maximum Gasteiger partial charge on any atom is 0.305 e. The van der Waals surface area contributed by atoms with E-state index in [0.717, 1.165) is 19.3 Å². The van der Waals surface area contributed by atoms with Gasteiger partial charge in [-0.2, -0.15) is 0 Å². The SMILES string of the molecule is CCCCC(C)(C)[C@H](O)/C=C/[C@@H]1[C@H]2[C@H](F)C(C(I)CCCC(=O)OC)O[C@@H]2C[C@H]1O. The Morgan fingerprint density at radius 1 is 1.40 bits per heavy atom.